The summed E-state index contributed by atoms with van der Waals surface area (Å²) in [5.74, 6) is 0. The third-order valence-corrected chi connectivity index (χ3v) is 4.01. The predicted octanol–water partition coefficient (Wildman–Crippen LogP) is 4.82. The Morgan fingerprint density at radius 3 is 2.82 bits per heavy atom. The van der Waals surface area contributed by atoms with Gasteiger partial charge in [-0.2, -0.15) is 0 Å². The number of aromatic nitrogens is 3. The molecule has 3 nitrogen and oxygen atoms in total. The number of rotatable bonds is 2. The largest absolute Gasteiger partial charge is 0.299 e. The molecule has 0 aliphatic heterocycles. The summed E-state index contributed by atoms with van der Waals surface area (Å²) in [7, 11) is 0. The van der Waals surface area contributed by atoms with E-state index in [2.05, 4.69) is 38.0 Å². The molecule has 0 unspecified atom stereocenters. The van der Waals surface area contributed by atoms with E-state index in [0.717, 1.165) is 32.4 Å². The van der Waals surface area contributed by atoms with Gasteiger partial charge in [-0.05, 0) is 52.3 Å². The number of fused-ring (bicyclic) bond motifs is 2. The van der Waals surface area contributed by atoms with E-state index in [1.165, 1.54) is 0 Å². The smallest absolute Gasteiger partial charge is 0.137 e. The van der Waals surface area contributed by atoms with Gasteiger partial charge in [-0.3, -0.25) is 4.40 Å². The fraction of sp³-hybridized carbons (Fsp3) is 0. The van der Waals surface area contributed by atoms with Crippen molar-refractivity contribution in [3.63, 3.8) is 0 Å². The number of hydrogen-bond acceptors (Lipinski definition) is 2. The first-order chi connectivity index (χ1) is 10.8. The van der Waals surface area contributed by atoms with E-state index in [4.69, 9.17) is 0 Å². The van der Waals surface area contributed by atoms with Crippen LogP contribution in [-0.4, -0.2) is 14.4 Å². The van der Waals surface area contributed by atoms with Crippen LogP contribution in [0, 0.1) is 0 Å². The highest BCUT2D eigenvalue weighted by Crippen LogP contribution is 2.16. The van der Waals surface area contributed by atoms with Gasteiger partial charge in [-0.15, -0.1) is 0 Å². The molecule has 0 bridgehead atoms. The second-order valence-corrected chi connectivity index (χ2v) is 5.94. The van der Waals surface area contributed by atoms with E-state index in [-0.39, 0.29) is 0 Å². The van der Waals surface area contributed by atoms with Gasteiger partial charge in [0.2, 0.25) is 0 Å². The summed E-state index contributed by atoms with van der Waals surface area (Å²) in [5, 5.41) is 1.15. The zero-order valence-electron chi connectivity index (χ0n) is 11.6. The number of benzene rings is 1. The molecular weight excluding hydrogens is 338 g/mol. The van der Waals surface area contributed by atoms with E-state index < -0.39 is 0 Å². The third-order valence-electron chi connectivity index (χ3n) is 3.54. The molecule has 3 aromatic heterocycles. The monoisotopic (exact) mass is 349 g/mol. The van der Waals surface area contributed by atoms with Crippen LogP contribution in [0.3, 0.4) is 0 Å². The second-order valence-electron chi connectivity index (χ2n) is 5.02. The van der Waals surface area contributed by atoms with Crippen LogP contribution in [0.2, 0.25) is 0 Å². The average molecular weight is 350 g/mol. The first kappa shape index (κ1) is 13.2. The first-order valence-electron chi connectivity index (χ1n) is 6.96. The zero-order valence-corrected chi connectivity index (χ0v) is 13.2. The number of pyridine rings is 2. The van der Waals surface area contributed by atoms with Crippen LogP contribution in [0.5, 0.6) is 0 Å². The molecule has 22 heavy (non-hydrogen) atoms. The summed E-state index contributed by atoms with van der Waals surface area (Å²) in [4.78, 5) is 9.04. The molecule has 0 N–H and O–H groups in total. The van der Waals surface area contributed by atoms with E-state index in [1.807, 2.05) is 65.3 Å². The molecule has 4 aromatic rings. The van der Waals surface area contributed by atoms with Crippen LogP contribution in [0.1, 0.15) is 11.4 Å². The summed E-state index contributed by atoms with van der Waals surface area (Å²) in [5.41, 5.74) is 3.88. The molecule has 0 spiro atoms. The lowest BCUT2D eigenvalue weighted by Crippen LogP contribution is -1.87. The average Bonchev–Trinajstić information content (AvgIpc) is 2.95. The molecule has 0 saturated heterocycles. The number of halogens is 1. The number of hydrogen-bond donors (Lipinski definition) is 0. The van der Waals surface area contributed by atoms with Gasteiger partial charge in [0.05, 0.1) is 23.1 Å². The van der Waals surface area contributed by atoms with Crippen molar-refractivity contribution in [1.29, 1.82) is 0 Å². The lowest BCUT2D eigenvalue weighted by Gasteiger charge is -1.99. The molecule has 4 heteroatoms. The minimum Gasteiger partial charge on any atom is -0.299 e. The Morgan fingerprint density at radius 2 is 1.86 bits per heavy atom. The molecule has 1 aromatic carbocycles. The molecule has 4 rings (SSSR count). The molecule has 106 valence electrons. The quantitative estimate of drug-likeness (QED) is 0.519. The Bertz CT molecular complexity index is 1000. The number of para-hydroxylation sites is 1. The van der Waals surface area contributed by atoms with Crippen molar-refractivity contribution in [2.75, 3.05) is 0 Å². The molecule has 3 heterocycles. The molecule has 0 fully saturated rings. The van der Waals surface area contributed by atoms with E-state index >= 15 is 0 Å². The number of nitrogens with zero attached hydrogens (tertiary/aromatic N) is 3. The highest BCUT2D eigenvalue weighted by Gasteiger charge is 2.01. The Kier molecular flexibility index (Phi) is 3.24. The molecule has 0 saturated carbocycles. The summed E-state index contributed by atoms with van der Waals surface area (Å²) in [6.07, 6.45) is 7.91. The zero-order chi connectivity index (χ0) is 14.9. The lowest BCUT2D eigenvalue weighted by molar-refractivity contribution is 1.16. The Morgan fingerprint density at radius 1 is 0.955 bits per heavy atom. The van der Waals surface area contributed by atoms with Crippen LogP contribution in [0.4, 0.5) is 0 Å². The van der Waals surface area contributed by atoms with Crippen LogP contribution >= 0.6 is 15.9 Å². The highest BCUT2D eigenvalue weighted by molar-refractivity contribution is 9.10. The minimum atomic E-state index is 0.925. The second kappa shape index (κ2) is 5.39. The summed E-state index contributed by atoms with van der Waals surface area (Å²) in [6.45, 7) is 0. The van der Waals surface area contributed by atoms with Crippen LogP contribution < -0.4 is 0 Å². The van der Waals surface area contributed by atoms with Crippen molar-refractivity contribution >= 4 is 44.6 Å². The number of imidazole rings is 1. The van der Waals surface area contributed by atoms with Gasteiger partial charge in [0.25, 0.3) is 0 Å². The maximum atomic E-state index is 4.65. The van der Waals surface area contributed by atoms with Gasteiger partial charge < -0.3 is 0 Å². The van der Waals surface area contributed by atoms with E-state index in [1.54, 1.807) is 0 Å². The van der Waals surface area contributed by atoms with Gasteiger partial charge in [-0.25, -0.2) is 9.97 Å². The fourth-order valence-electron chi connectivity index (χ4n) is 2.44. The first-order valence-corrected chi connectivity index (χ1v) is 7.75. The Balaban J connectivity index is 1.73. The van der Waals surface area contributed by atoms with Crippen LogP contribution in [0.25, 0.3) is 28.7 Å². The van der Waals surface area contributed by atoms with Crippen molar-refractivity contribution < 1.29 is 0 Å². The predicted molar refractivity (Wildman–Crippen MR) is 93.6 cm³/mol. The summed E-state index contributed by atoms with van der Waals surface area (Å²) < 4.78 is 3.07. The third kappa shape index (κ3) is 2.42. The normalized spacial score (nSPS) is 11.7. The highest BCUT2D eigenvalue weighted by atomic mass is 79.9. The maximum Gasteiger partial charge on any atom is 0.137 e. The minimum absolute atomic E-state index is 0.925. The van der Waals surface area contributed by atoms with Crippen molar-refractivity contribution in [1.82, 2.24) is 14.4 Å². The Hall–Kier alpha value is -2.46. The van der Waals surface area contributed by atoms with Gasteiger partial charge in [0.1, 0.15) is 5.65 Å². The SMILES string of the molecule is Brc1ccc2ncc(/C=C/c3ccc4ccccc4n3)n2c1. The molecule has 0 aliphatic rings. The Labute approximate surface area is 136 Å². The van der Waals surface area contributed by atoms with Gasteiger partial charge in [0, 0.05) is 16.1 Å². The lowest BCUT2D eigenvalue weighted by atomic mass is 10.2. The van der Waals surface area contributed by atoms with Gasteiger partial charge in [0.15, 0.2) is 0 Å². The van der Waals surface area contributed by atoms with Crippen molar-refractivity contribution in [2.24, 2.45) is 0 Å². The maximum absolute atomic E-state index is 4.65. The fourth-order valence-corrected chi connectivity index (χ4v) is 2.78. The molecule has 0 radical (unpaired) electrons. The molecule has 0 aliphatic carbocycles. The van der Waals surface area contributed by atoms with E-state index in [0.29, 0.717) is 0 Å². The van der Waals surface area contributed by atoms with Crippen molar-refractivity contribution in [2.45, 2.75) is 0 Å². The standard InChI is InChI=1S/C18H12BrN3/c19-14-6-10-18-20-11-16(22(18)12-14)9-8-15-7-5-13-3-1-2-4-17(13)21-15/h1-12H/b9-8+. The summed E-state index contributed by atoms with van der Waals surface area (Å²) >= 11 is 3.49. The topological polar surface area (TPSA) is 30.2 Å². The van der Waals surface area contributed by atoms with Gasteiger partial charge in [-0.1, -0.05) is 24.3 Å². The van der Waals surface area contributed by atoms with Crippen molar-refractivity contribution in [3.05, 3.63) is 76.8 Å². The van der Waals surface area contributed by atoms with Gasteiger partial charge >= 0.3 is 0 Å². The summed E-state index contributed by atoms with van der Waals surface area (Å²) in [6, 6.07) is 16.2. The van der Waals surface area contributed by atoms with E-state index in [9.17, 15) is 0 Å². The van der Waals surface area contributed by atoms with Crippen LogP contribution in [-0.2, 0) is 0 Å². The van der Waals surface area contributed by atoms with Crippen LogP contribution in [0.15, 0.2) is 65.4 Å². The molecule has 0 amide bonds. The molecular formula is C18H12BrN3. The van der Waals surface area contributed by atoms with Crippen molar-refractivity contribution in [3.8, 4) is 0 Å². The molecule has 0 atom stereocenters.